The summed E-state index contributed by atoms with van der Waals surface area (Å²) in [5, 5.41) is 7.28. The molecule has 0 aliphatic carbocycles. The number of carbonyl (C=O) groups excluding carboxylic acids is 2. The monoisotopic (exact) mass is 444 g/mol. The maximum Gasteiger partial charge on any atom is 0.261 e. The molecule has 4 aromatic rings. The van der Waals surface area contributed by atoms with E-state index in [2.05, 4.69) is 10.4 Å². The second-order valence-corrected chi connectivity index (χ2v) is 7.76. The molecule has 0 unspecified atom stereocenters. The second-order valence-electron chi connectivity index (χ2n) is 7.76. The molecule has 166 valence electrons. The zero-order chi connectivity index (χ0) is 22.9. The number of amides is 2. The first-order valence-electron chi connectivity index (χ1n) is 10.7. The van der Waals surface area contributed by atoms with Crippen LogP contribution in [-0.2, 0) is 12.8 Å². The highest BCUT2D eigenvalue weighted by Crippen LogP contribution is 2.32. The van der Waals surface area contributed by atoms with E-state index in [0.29, 0.717) is 41.9 Å². The van der Waals surface area contributed by atoms with Gasteiger partial charge in [0.25, 0.3) is 11.8 Å². The maximum atomic E-state index is 13.3. The highest BCUT2D eigenvalue weighted by Gasteiger charge is 2.27. The molecule has 7 nitrogen and oxygen atoms in total. The molecule has 2 aromatic carbocycles. The molecule has 1 N–H and O–H groups in total. The predicted molar refractivity (Wildman–Crippen MR) is 121 cm³/mol. The lowest BCUT2D eigenvalue weighted by atomic mass is 10.1. The van der Waals surface area contributed by atoms with Gasteiger partial charge in [-0.2, -0.15) is 5.10 Å². The molecule has 0 bridgehead atoms. The Kier molecular flexibility index (Phi) is 5.26. The molecule has 0 radical (unpaired) electrons. The van der Waals surface area contributed by atoms with Crippen molar-refractivity contribution in [1.29, 1.82) is 0 Å². The molecule has 0 saturated carbocycles. The van der Waals surface area contributed by atoms with Gasteiger partial charge in [-0.25, -0.2) is 9.07 Å². The molecule has 0 atom stereocenters. The van der Waals surface area contributed by atoms with Crippen LogP contribution in [0.1, 0.15) is 38.9 Å². The highest BCUT2D eigenvalue weighted by molar-refractivity contribution is 6.08. The quantitative estimate of drug-likeness (QED) is 0.487. The number of benzene rings is 2. The van der Waals surface area contributed by atoms with Gasteiger partial charge in [0, 0.05) is 17.9 Å². The van der Waals surface area contributed by atoms with Crippen molar-refractivity contribution in [1.82, 2.24) is 9.78 Å². The van der Waals surface area contributed by atoms with E-state index in [4.69, 9.17) is 4.42 Å². The minimum atomic E-state index is -0.330. The van der Waals surface area contributed by atoms with Gasteiger partial charge in [0.2, 0.25) is 0 Å². The summed E-state index contributed by atoms with van der Waals surface area (Å²) in [6, 6.07) is 13.1. The van der Waals surface area contributed by atoms with Gasteiger partial charge in [0.1, 0.15) is 12.1 Å². The van der Waals surface area contributed by atoms with Crippen molar-refractivity contribution in [2.75, 3.05) is 16.8 Å². The maximum absolute atomic E-state index is 13.3. The molecule has 0 saturated heterocycles. The Labute approximate surface area is 189 Å². The van der Waals surface area contributed by atoms with Crippen LogP contribution >= 0.6 is 0 Å². The first kappa shape index (κ1) is 20.7. The number of rotatable bonds is 5. The molecule has 2 amide bonds. The van der Waals surface area contributed by atoms with Gasteiger partial charge in [-0.3, -0.25) is 9.59 Å². The van der Waals surface area contributed by atoms with Gasteiger partial charge in [-0.15, -0.1) is 0 Å². The van der Waals surface area contributed by atoms with Crippen LogP contribution in [0.25, 0.3) is 5.69 Å². The molecule has 0 spiro atoms. The molecule has 0 fully saturated rings. The summed E-state index contributed by atoms with van der Waals surface area (Å²) in [6.45, 7) is 2.51. The standard InChI is InChI=1S/C25H21FN4O3/c1-2-22-21(14-27-30(22)20-6-3-18(26)4-7-20)24(31)28-19-5-8-23-16(13-19)9-11-29(23)25(32)17-10-12-33-15-17/h3-8,10,12-15H,2,9,11H2,1H3,(H,28,31). The fraction of sp³-hybridized carbons (Fsp3) is 0.160. The van der Waals surface area contributed by atoms with E-state index >= 15 is 0 Å². The van der Waals surface area contributed by atoms with Crippen LogP contribution in [-0.4, -0.2) is 28.1 Å². The number of furan rings is 1. The van der Waals surface area contributed by atoms with Gasteiger partial charge in [0.05, 0.1) is 35.0 Å². The smallest absolute Gasteiger partial charge is 0.261 e. The topological polar surface area (TPSA) is 80.4 Å². The van der Waals surface area contributed by atoms with Crippen LogP contribution in [0.3, 0.4) is 0 Å². The Bertz CT molecular complexity index is 1330. The summed E-state index contributed by atoms with van der Waals surface area (Å²) in [4.78, 5) is 27.4. The van der Waals surface area contributed by atoms with E-state index in [9.17, 15) is 14.0 Å². The number of carbonyl (C=O) groups is 2. The number of nitrogens with one attached hydrogen (secondary N) is 1. The highest BCUT2D eigenvalue weighted by atomic mass is 19.1. The number of hydrogen-bond donors (Lipinski definition) is 1. The zero-order valence-electron chi connectivity index (χ0n) is 17.9. The van der Waals surface area contributed by atoms with E-state index in [0.717, 1.165) is 16.9 Å². The molecule has 33 heavy (non-hydrogen) atoms. The second kappa shape index (κ2) is 8.38. The minimum Gasteiger partial charge on any atom is -0.472 e. The van der Waals surface area contributed by atoms with E-state index in [-0.39, 0.29) is 17.6 Å². The van der Waals surface area contributed by atoms with Crippen LogP contribution in [0.4, 0.5) is 15.8 Å². The summed E-state index contributed by atoms with van der Waals surface area (Å²) in [5.74, 6) is -0.715. The molecule has 1 aliphatic heterocycles. The third-order valence-electron chi connectivity index (χ3n) is 5.77. The molecular formula is C25H21FN4O3. The van der Waals surface area contributed by atoms with Crippen molar-refractivity contribution in [2.45, 2.75) is 19.8 Å². The van der Waals surface area contributed by atoms with Crippen LogP contribution in [0.15, 0.2) is 71.7 Å². The Morgan fingerprint density at radius 3 is 2.70 bits per heavy atom. The van der Waals surface area contributed by atoms with E-state index in [1.807, 2.05) is 19.1 Å². The van der Waals surface area contributed by atoms with Gasteiger partial charge in [-0.05, 0) is 66.9 Å². The van der Waals surface area contributed by atoms with Crippen molar-refractivity contribution in [3.8, 4) is 5.69 Å². The molecule has 2 aromatic heterocycles. The summed E-state index contributed by atoms with van der Waals surface area (Å²) < 4.78 is 19.9. The lowest BCUT2D eigenvalue weighted by molar-refractivity contribution is 0.0987. The first-order chi connectivity index (χ1) is 16.0. The van der Waals surface area contributed by atoms with Crippen molar-refractivity contribution in [3.05, 3.63) is 95.5 Å². The van der Waals surface area contributed by atoms with Crippen molar-refractivity contribution in [3.63, 3.8) is 0 Å². The van der Waals surface area contributed by atoms with E-state index < -0.39 is 0 Å². The van der Waals surface area contributed by atoms with Crippen LogP contribution in [0.5, 0.6) is 0 Å². The number of aromatic nitrogens is 2. The molecule has 1 aliphatic rings. The largest absolute Gasteiger partial charge is 0.472 e. The number of hydrogen-bond acceptors (Lipinski definition) is 4. The summed E-state index contributed by atoms with van der Waals surface area (Å²) in [5.41, 5.74) is 4.85. The molecule has 3 heterocycles. The fourth-order valence-corrected chi connectivity index (χ4v) is 4.14. The summed E-state index contributed by atoms with van der Waals surface area (Å²) in [7, 11) is 0. The number of anilines is 2. The lowest BCUT2D eigenvalue weighted by Crippen LogP contribution is -2.28. The third kappa shape index (κ3) is 3.80. The van der Waals surface area contributed by atoms with Crippen molar-refractivity contribution >= 4 is 23.2 Å². The number of halogens is 1. The van der Waals surface area contributed by atoms with Crippen LogP contribution in [0, 0.1) is 5.82 Å². The number of fused-ring (bicyclic) bond motifs is 1. The van der Waals surface area contributed by atoms with Crippen molar-refractivity contribution in [2.24, 2.45) is 0 Å². The normalized spacial score (nSPS) is 12.6. The molecular weight excluding hydrogens is 423 g/mol. The fourth-order valence-electron chi connectivity index (χ4n) is 4.14. The summed E-state index contributed by atoms with van der Waals surface area (Å²) in [6.07, 6.45) is 5.72. The van der Waals surface area contributed by atoms with Gasteiger partial charge >= 0.3 is 0 Å². The molecule has 8 heteroatoms. The van der Waals surface area contributed by atoms with E-state index in [1.165, 1.54) is 30.9 Å². The Morgan fingerprint density at radius 1 is 1.15 bits per heavy atom. The number of nitrogens with zero attached hydrogens (tertiary/aromatic N) is 3. The molecule has 5 rings (SSSR count). The average molecular weight is 444 g/mol. The Hall–Kier alpha value is -4.20. The van der Waals surface area contributed by atoms with Gasteiger partial charge in [-0.1, -0.05) is 6.92 Å². The Morgan fingerprint density at radius 2 is 1.97 bits per heavy atom. The van der Waals surface area contributed by atoms with Gasteiger partial charge in [0.15, 0.2) is 0 Å². The van der Waals surface area contributed by atoms with Gasteiger partial charge < -0.3 is 14.6 Å². The van der Waals surface area contributed by atoms with Crippen LogP contribution in [0.2, 0.25) is 0 Å². The van der Waals surface area contributed by atoms with Crippen molar-refractivity contribution < 1.29 is 18.4 Å². The average Bonchev–Trinajstić information content (AvgIpc) is 3.58. The lowest BCUT2D eigenvalue weighted by Gasteiger charge is -2.16. The minimum absolute atomic E-state index is 0.111. The Balaban J connectivity index is 1.36. The SMILES string of the molecule is CCc1c(C(=O)Nc2ccc3c(c2)CCN3C(=O)c2ccoc2)cnn1-c1ccc(F)cc1. The van der Waals surface area contributed by atoms with E-state index in [1.54, 1.807) is 33.8 Å². The summed E-state index contributed by atoms with van der Waals surface area (Å²) >= 11 is 0. The predicted octanol–water partition coefficient (Wildman–Crippen LogP) is 4.62. The zero-order valence-corrected chi connectivity index (χ0v) is 17.9. The van der Waals surface area contributed by atoms with Crippen LogP contribution < -0.4 is 10.2 Å². The first-order valence-corrected chi connectivity index (χ1v) is 10.7. The third-order valence-corrected chi connectivity index (χ3v) is 5.77.